The van der Waals surface area contributed by atoms with Crippen molar-refractivity contribution >= 4 is 17.4 Å². The van der Waals surface area contributed by atoms with Gasteiger partial charge in [0.25, 0.3) is 11.7 Å². The van der Waals surface area contributed by atoms with Crippen molar-refractivity contribution in [3.63, 3.8) is 0 Å². The number of benzene rings is 3. The minimum absolute atomic E-state index is 0.109. The number of Topliss-reactive ketones (excluding diaryl/α,β-unsaturated/α-hetero) is 1. The highest BCUT2D eigenvalue weighted by molar-refractivity contribution is 6.46. The molecule has 3 aromatic carbocycles. The average Bonchev–Trinajstić information content (AvgIpc) is 3.16. The van der Waals surface area contributed by atoms with E-state index in [2.05, 4.69) is 6.92 Å². The quantitative estimate of drug-likeness (QED) is 0.173. The number of amides is 1. The highest BCUT2D eigenvalue weighted by atomic mass is 16.5. The van der Waals surface area contributed by atoms with Crippen LogP contribution in [0.5, 0.6) is 5.75 Å². The lowest BCUT2D eigenvalue weighted by Gasteiger charge is -2.26. The predicted molar refractivity (Wildman–Crippen MR) is 137 cm³/mol. The number of nitrogens with zero attached hydrogens (tertiary/aromatic N) is 1. The molecule has 1 unspecified atom stereocenters. The Balaban J connectivity index is 1.71. The number of likely N-dealkylation sites (tertiary alicyclic amines) is 1. The highest BCUT2D eigenvalue weighted by Crippen LogP contribution is 2.40. The van der Waals surface area contributed by atoms with Crippen molar-refractivity contribution in [1.82, 2.24) is 4.90 Å². The Bertz CT molecular complexity index is 1190. The van der Waals surface area contributed by atoms with Crippen molar-refractivity contribution in [1.29, 1.82) is 0 Å². The number of ketones is 1. The maximum Gasteiger partial charge on any atom is 0.295 e. The molecule has 1 amide bonds. The monoisotopic (exact) mass is 469 g/mol. The second-order valence-corrected chi connectivity index (χ2v) is 8.72. The van der Waals surface area contributed by atoms with Crippen LogP contribution in [0.3, 0.4) is 0 Å². The smallest absolute Gasteiger partial charge is 0.295 e. The van der Waals surface area contributed by atoms with Crippen LogP contribution < -0.4 is 4.74 Å². The van der Waals surface area contributed by atoms with Gasteiger partial charge in [0, 0.05) is 12.1 Å². The fraction of sp³-hybridized carbons (Fsp3) is 0.267. The van der Waals surface area contributed by atoms with Crippen LogP contribution in [0.4, 0.5) is 0 Å². The van der Waals surface area contributed by atoms with Gasteiger partial charge in [-0.25, -0.2) is 0 Å². The van der Waals surface area contributed by atoms with Gasteiger partial charge < -0.3 is 14.7 Å². The van der Waals surface area contributed by atoms with Crippen molar-refractivity contribution < 1.29 is 19.4 Å². The molecule has 3 aromatic rings. The molecule has 0 spiro atoms. The van der Waals surface area contributed by atoms with E-state index in [9.17, 15) is 14.7 Å². The Hall–Kier alpha value is -3.86. The molecule has 0 bridgehead atoms. The highest BCUT2D eigenvalue weighted by Gasteiger charge is 2.45. The van der Waals surface area contributed by atoms with E-state index in [1.165, 1.54) is 0 Å². The summed E-state index contributed by atoms with van der Waals surface area (Å²) in [6, 6.07) is 25.5. The summed E-state index contributed by atoms with van der Waals surface area (Å²) < 4.78 is 5.94. The van der Waals surface area contributed by atoms with Gasteiger partial charge in [0.15, 0.2) is 0 Å². The molecule has 1 aliphatic rings. The molecule has 35 heavy (non-hydrogen) atoms. The number of aliphatic hydroxyl groups is 1. The summed E-state index contributed by atoms with van der Waals surface area (Å²) >= 11 is 0. The van der Waals surface area contributed by atoms with Gasteiger partial charge in [-0.3, -0.25) is 9.59 Å². The number of hydrogen-bond donors (Lipinski definition) is 1. The van der Waals surface area contributed by atoms with Gasteiger partial charge in [-0.05, 0) is 36.1 Å². The van der Waals surface area contributed by atoms with E-state index < -0.39 is 17.7 Å². The summed E-state index contributed by atoms with van der Waals surface area (Å²) in [6.45, 7) is 3.10. The maximum atomic E-state index is 13.2. The summed E-state index contributed by atoms with van der Waals surface area (Å²) in [5.41, 5.74) is 2.43. The first-order valence-corrected chi connectivity index (χ1v) is 12.2. The standard InChI is InChI=1S/C30H31NO4/c1-2-3-10-20-35-25-17-11-16-24(21-25)27-26(28(32)23-14-8-5-9-15-23)29(33)30(34)31(27)19-18-22-12-6-4-7-13-22/h4-9,11-17,21,27,32H,2-3,10,18-20H2,1H3. The molecular weight excluding hydrogens is 438 g/mol. The van der Waals surface area contributed by atoms with Crippen molar-refractivity contribution in [2.45, 2.75) is 38.6 Å². The number of carbonyl (C=O) groups excluding carboxylic acids is 2. The fourth-order valence-corrected chi connectivity index (χ4v) is 4.42. The van der Waals surface area contributed by atoms with Crippen LogP contribution in [-0.2, 0) is 16.0 Å². The first-order chi connectivity index (χ1) is 17.1. The van der Waals surface area contributed by atoms with Crippen molar-refractivity contribution in [2.24, 2.45) is 0 Å². The summed E-state index contributed by atoms with van der Waals surface area (Å²) in [7, 11) is 0. The molecule has 5 nitrogen and oxygen atoms in total. The lowest BCUT2D eigenvalue weighted by Crippen LogP contribution is -2.31. The number of ether oxygens (including phenoxy) is 1. The topological polar surface area (TPSA) is 66.8 Å². The molecule has 1 aliphatic heterocycles. The predicted octanol–water partition coefficient (Wildman–Crippen LogP) is 5.92. The molecule has 4 rings (SSSR count). The first kappa shape index (κ1) is 24.3. The lowest BCUT2D eigenvalue weighted by atomic mass is 9.95. The Morgan fingerprint density at radius 2 is 1.63 bits per heavy atom. The zero-order valence-electron chi connectivity index (χ0n) is 20.0. The van der Waals surface area contributed by atoms with E-state index >= 15 is 0 Å². The molecular formula is C30H31NO4. The molecule has 0 radical (unpaired) electrons. The molecule has 1 saturated heterocycles. The van der Waals surface area contributed by atoms with E-state index in [-0.39, 0.29) is 11.3 Å². The second kappa shape index (κ2) is 11.5. The molecule has 180 valence electrons. The van der Waals surface area contributed by atoms with E-state index in [0.29, 0.717) is 30.9 Å². The number of unbranched alkanes of at least 4 members (excludes halogenated alkanes) is 2. The Morgan fingerprint density at radius 3 is 2.34 bits per heavy atom. The average molecular weight is 470 g/mol. The number of rotatable bonds is 10. The van der Waals surface area contributed by atoms with Crippen LogP contribution in [0.1, 0.15) is 48.9 Å². The molecule has 0 saturated carbocycles. The summed E-state index contributed by atoms with van der Waals surface area (Å²) in [5.74, 6) is -0.742. The van der Waals surface area contributed by atoms with E-state index in [1.54, 1.807) is 29.2 Å². The third kappa shape index (κ3) is 5.62. The van der Waals surface area contributed by atoms with Gasteiger partial charge >= 0.3 is 0 Å². The lowest BCUT2D eigenvalue weighted by molar-refractivity contribution is -0.139. The van der Waals surface area contributed by atoms with Crippen LogP contribution in [0.15, 0.2) is 90.5 Å². The number of aliphatic hydroxyl groups excluding tert-OH is 1. The van der Waals surface area contributed by atoms with Gasteiger partial charge in [0.2, 0.25) is 0 Å². The third-order valence-corrected chi connectivity index (χ3v) is 6.26. The first-order valence-electron chi connectivity index (χ1n) is 12.2. The SMILES string of the molecule is CCCCCOc1cccc(C2C(=C(O)c3ccccc3)C(=O)C(=O)N2CCc2ccccc2)c1. The maximum absolute atomic E-state index is 13.2. The van der Waals surface area contributed by atoms with Crippen molar-refractivity contribution in [2.75, 3.05) is 13.2 Å². The van der Waals surface area contributed by atoms with Crippen molar-refractivity contribution in [3.05, 3.63) is 107 Å². The zero-order chi connectivity index (χ0) is 24.6. The summed E-state index contributed by atoms with van der Waals surface area (Å²) in [4.78, 5) is 28.0. The van der Waals surface area contributed by atoms with Crippen molar-refractivity contribution in [3.8, 4) is 5.75 Å². The van der Waals surface area contributed by atoms with E-state index in [4.69, 9.17) is 4.74 Å². The minimum Gasteiger partial charge on any atom is -0.507 e. The van der Waals surface area contributed by atoms with Gasteiger partial charge in [0.1, 0.15) is 11.5 Å². The third-order valence-electron chi connectivity index (χ3n) is 6.26. The second-order valence-electron chi connectivity index (χ2n) is 8.72. The molecule has 1 fully saturated rings. The van der Waals surface area contributed by atoms with E-state index in [1.807, 2.05) is 60.7 Å². The summed E-state index contributed by atoms with van der Waals surface area (Å²) in [6.07, 6.45) is 3.77. The van der Waals surface area contributed by atoms with Gasteiger partial charge in [0.05, 0.1) is 18.2 Å². The van der Waals surface area contributed by atoms with Crippen LogP contribution in [0.2, 0.25) is 0 Å². The van der Waals surface area contributed by atoms with Gasteiger partial charge in [-0.15, -0.1) is 0 Å². The Morgan fingerprint density at radius 1 is 0.914 bits per heavy atom. The summed E-state index contributed by atoms with van der Waals surface area (Å²) in [5, 5.41) is 11.2. The van der Waals surface area contributed by atoms with Crippen LogP contribution in [0.25, 0.3) is 5.76 Å². The van der Waals surface area contributed by atoms with E-state index in [0.717, 1.165) is 30.4 Å². The fourth-order valence-electron chi connectivity index (χ4n) is 4.42. The Labute approximate surface area is 206 Å². The van der Waals surface area contributed by atoms with Gasteiger partial charge in [-0.1, -0.05) is 92.6 Å². The molecule has 0 aromatic heterocycles. The van der Waals surface area contributed by atoms with Crippen LogP contribution >= 0.6 is 0 Å². The Kier molecular flexibility index (Phi) is 7.99. The molecule has 1 atom stereocenters. The minimum atomic E-state index is -0.696. The van der Waals surface area contributed by atoms with Gasteiger partial charge in [-0.2, -0.15) is 0 Å². The number of carbonyl (C=O) groups is 2. The van der Waals surface area contributed by atoms with Crippen LogP contribution in [-0.4, -0.2) is 34.8 Å². The molecule has 5 heteroatoms. The molecule has 0 aliphatic carbocycles. The molecule has 1 heterocycles. The largest absolute Gasteiger partial charge is 0.507 e. The normalized spacial score (nSPS) is 17.1. The molecule has 1 N–H and O–H groups in total. The number of hydrogen-bond acceptors (Lipinski definition) is 4. The van der Waals surface area contributed by atoms with Crippen LogP contribution in [0, 0.1) is 0 Å². The zero-order valence-corrected chi connectivity index (χ0v) is 20.0.